The molecular weight excluding hydrogens is 404 g/mol. The minimum Gasteiger partial charge on any atom is -0.352 e. The zero-order chi connectivity index (χ0) is 22.5. The zero-order valence-corrected chi connectivity index (χ0v) is 18.7. The summed E-state index contributed by atoms with van der Waals surface area (Å²) in [6.45, 7) is 4.53. The summed E-state index contributed by atoms with van der Waals surface area (Å²) < 4.78 is 26.7. The van der Waals surface area contributed by atoms with Gasteiger partial charge in [-0.25, -0.2) is 0 Å². The second-order valence-electron chi connectivity index (χ2n) is 7.41. The van der Waals surface area contributed by atoms with Crippen molar-refractivity contribution >= 4 is 33.4 Å². The number of para-hydroxylation sites is 1. The molecule has 30 heavy (non-hydrogen) atoms. The third kappa shape index (κ3) is 5.58. The van der Waals surface area contributed by atoms with E-state index in [0.29, 0.717) is 35.0 Å². The van der Waals surface area contributed by atoms with E-state index in [0.717, 1.165) is 8.61 Å². The molecule has 0 aliphatic carbocycles. The van der Waals surface area contributed by atoms with Crippen molar-refractivity contribution in [2.45, 2.75) is 13.8 Å². The van der Waals surface area contributed by atoms with Crippen molar-refractivity contribution in [3.63, 3.8) is 0 Å². The fraction of sp³-hybridized carbons (Fsp3) is 0.333. The van der Waals surface area contributed by atoms with Crippen LogP contribution in [0.4, 0.5) is 11.4 Å². The van der Waals surface area contributed by atoms with Gasteiger partial charge in [0.05, 0.1) is 16.9 Å². The summed E-state index contributed by atoms with van der Waals surface area (Å²) in [5.74, 6) is -0.349. The van der Waals surface area contributed by atoms with Gasteiger partial charge in [0.1, 0.15) is 0 Å². The maximum absolute atomic E-state index is 12.7. The second kappa shape index (κ2) is 9.73. The molecule has 0 radical (unpaired) electrons. The number of carbonyl (C=O) groups is 2. The Balaban J connectivity index is 2.17. The van der Waals surface area contributed by atoms with Gasteiger partial charge in [-0.15, -0.1) is 0 Å². The van der Waals surface area contributed by atoms with E-state index < -0.39 is 16.1 Å². The number of hydrogen-bond donors (Lipinski definition) is 2. The summed E-state index contributed by atoms with van der Waals surface area (Å²) >= 11 is 0. The molecule has 0 saturated heterocycles. The molecule has 0 saturated carbocycles. The van der Waals surface area contributed by atoms with Crippen LogP contribution >= 0.6 is 0 Å². The van der Waals surface area contributed by atoms with Crippen LogP contribution in [0.25, 0.3) is 0 Å². The smallest absolute Gasteiger partial charge is 0.303 e. The minimum absolute atomic E-state index is 0.259. The number of hydrogen-bond acceptors (Lipinski definition) is 4. The van der Waals surface area contributed by atoms with Crippen LogP contribution in [0.5, 0.6) is 0 Å². The van der Waals surface area contributed by atoms with E-state index in [9.17, 15) is 18.0 Å². The lowest BCUT2D eigenvalue weighted by molar-refractivity contribution is 0.0950. The molecule has 0 heterocycles. The number of anilines is 2. The Morgan fingerprint density at radius 3 is 2.10 bits per heavy atom. The fourth-order valence-electron chi connectivity index (χ4n) is 2.58. The Hall–Kier alpha value is -2.91. The van der Waals surface area contributed by atoms with Gasteiger partial charge in [-0.1, -0.05) is 26.0 Å². The summed E-state index contributed by atoms with van der Waals surface area (Å²) in [6, 6.07) is 13.0. The van der Waals surface area contributed by atoms with Crippen LogP contribution in [0.1, 0.15) is 34.6 Å². The maximum atomic E-state index is 12.7. The van der Waals surface area contributed by atoms with E-state index in [1.54, 1.807) is 36.4 Å². The molecule has 8 nitrogen and oxygen atoms in total. The average molecular weight is 433 g/mol. The lowest BCUT2D eigenvalue weighted by Crippen LogP contribution is -2.37. The average Bonchev–Trinajstić information content (AvgIpc) is 2.71. The maximum Gasteiger partial charge on any atom is 0.303 e. The predicted octanol–water partition coefficient (Wildman–Crippen LogP) is 2.57. The predicted molar refractivity (Wildman–Crippen MR) is 119 cm³/mol. The van der Waals surface area contributed by atoms with Gasteiger partial charge in [0, 0.05) is 33.3 Å². The van der Waals surface area contributed by atoms with Gasteiger partial charge in [-0.2, -0.15) is 12.7 Å². The minimum atomic E-state index is -3.62. The highest BCUT2D eigenvalue weighted by atomic mass is 32.2. The summed E-state index contributed by atoms with van der Waals surface area (Å²) in [6.07, 6.45) is 0. The van der Waals surface area contributed by atoms with Crippen LogP contribution in [-0.4, -0.2) is 52.2 Å². The van der Waals surface area contributed by atoms with Crippen molar-refractivity contribution in [2.75, 3.05) is 37.3 Å². The van der Waals surface area contributed by atoms with Crippen LogP contribution in [0.2, 0.25) is 0 Å². The molecular formula is C21H28N4O4S. The first kappa shape index (κ1) is 23.4. The molecule has 0 fully saturated rings. The topological polar surface area (TPSA) is 98.8 Å². The molecule has 2 aromatic rings. The van der Waals surface area contributed by atoms with Crippen molar-refractivity contribution in [1.82, 2.24) is 9.62 Å². The molecule has 0 bridgehead atoms. The van der Waals surface area contributed by atoms with E-state index in [1.807, 2.05) is 13.8 Å². The fourth-order valence-corrected chi connectivity index (χ4v) is 3.46. The molecule has 0 atom stereocenters. The van der Waals surface area contributed by atoms with E-state index in [4.69, 9.17) is 0 Å². The lowest BCUT2D eigenvalue weighted by atomic mass is 10.1. The number of carbonyl (C=O) groups excluding carboxylic acids is 2. The highest BCUT2D eigenvalue weighted by Crippen LogP contribution is 2.20. The summed E-state index contributed by atoms with van der Waals surface area (Å²) in [7, 11) is 0.718. The lowest BCUT2D eigenvalue weighted by Gasteiger charge is -2.23. The Morgan fingerprint density at radius 1 is 0.933 bits per heavy atom. The van der Waals surface area contributed by atoms with Gasteiger partial charge in [0.15, 0.2) is 0 Å². The third-order valence-corrected chi connectivity index (χ3v) is 6.22. The highest BCUT2D eigenvalue weighted by molar-refractivity contribution is 7.90. The second-order valence-corrected chi connectivity index (χ2v) is 9.58. The van der Waals surface area contributed by atoms with E-state index in [1.165, 1.54) is 33.3 Å². The van der Waals surface area contributed by atoms with E-state index in [2.05, 4.69) is 10.6 Å². The molecule has 2 N–H and O–H groups in total. The molecule has 0 spiro atoms. The SMILES string of the molecule is CC(C)CNC(=O)c1ccccc1NC(=O)c1ccc(N(C)S(=O)(=O)N(C)C)cc1. The third-order valence-electron chi connectivity index (χ3n) is 4.39. The number of amides is 2. The summed E-state index contributed by atoms with van der Waals surface area (Å²) in [5, 5.41) is 5.59. The molecule has 2 aromatic carbocycles. The van der Waals surface area contributed by atoms with Crippen LogP contribution < -0.4 is 14.9 Å². The summed E-state index contributed by atoms with van der Waals surface area (Å²) in [5.41, 5.74) is 1.54. The molecule has 0 aliphatic rings. The normalized spacial score (nSPS) is 11.4. The molecule has 2 rings (SSSR count). The van der Waals surface area contributed by atoms with Crippen molar-refractivity contribution < 1.29 is 18.0 Å². The van der Waals surface area contributed by atoms with Gasteiger partial charge >= 0.3 is 10.2 Å². The Kier molecular flexibility index (Phi) is 7.58. The van der Waals surface area contributed by atoms with Gasteiger partial charge in [-0.3, -0.25) is 13.9 Å². The molecule has 9 heteroatoms. The van der Waals surface area contributed by atoms with Crippen LogP contribution in [0.3, 0.4) is 0 Å². The van der Waals surface area contributed by atoms with E-state index >= 15 is 0 Å². The molecule has 0 aliphatic heterocycles. The van der Waals surface area contributed by atoms with Crippen LogP contribution in [0.15, 0.2) is 48.5 Å². The van der Waals surface area contributed by atoms with Gasteiger partial charge in [0.2, 0.25) is 0 Å². The monoisotopic (exact) mass is 432 g/mol. The Bertz CT molecular complexity index is 1000. The van der Waals surface area contributed by atoms with Gasteiger partial charge in [0.25, 0.3) is 11.8 Å². The van der Waals surface area contributed by atoms with Crippen molar-refractivity contribution in [3.8, 4) is 0 Å². The summed E-state index contributed by atoms with van der Waals surface area (Å²) in [4.78, 5) is 25.1. The van der Waals surface area contributed by atoms with Crippen molar-refractivity contribution in [2.24, 2.45) is 5.92 Å². The van der Waals surface area contributed by atoms with E-state index in [-0.39, 0.29) is 5.91 Å². The zero-order valence-electron chi connectivity index (χ0n) is 17.8. The largest absolute Gasteiger partial charge is 0.352 e. The van der Waals surface area contributed by atoms with Crippen molar-refractivity contribution in [3.05, 3.63) is 59.7 Å². The van der Waals surface area contributed by atoms with Gasteiger partial charge < -0.3 is 10.6 Å². The Morgan fingerprint density at radius 2 is 1.53 bits per heavy atom. The quantitative estimate of drug-likeness (QED) is 0.670. The molecule has 0 unspecified atom stereocenters. The van der Waals surface area contributed by atoms with Crippen LogP contribution in [-0.2, 0) is 10.2 Å². The molecule has 162 valence electrons. The Labute approximate surface area is 178 Å². The number of benzene rings is 2. The molecule has 0 aromatic heterocycles. The standard InChI is InChI=1S/C21H28N4O4S/c1-15(2)14-22-21(27)18-8-6-7-9-19(18)23-20(26)16-10-12-17(13-11-16)25(5)30(28,29)24(3)4/h6-13,15H,14H2,1-5H3,(H,22,27)(H,23,26). The first-order valence-electron chi connectivity index (χ1n) is 9.49. The number of rotatable bonds is 8. The first-order chi connectivity index (χ1) is 14.0. The number of nitrogens with zero attached hydrogens (tertiary/aromatic N) is 2. The highest BCUT2D eigenvalue weighted by Gasteiger charge is 2.21. The number of nitrogens with one attached hydrogen (secondary N) is 2. The van der Waals surface area contributed by atoms with Gasteiger partial charge in [-0.05, 0) is 42.3 Å². The molecule has 2 amide bonds. The van der Waals surface area contributed by atoms with Crippen LogP contribution in [0, 0.1) is 5.92 Å². The van der Waals surface area contributed by atoms with Crippen molar-refractivity contribution in [1.29, 1.82) is 0 Å². The first-order valence-corrected chi connectivity index (χ1v) is 10.9.